The number of carbonyl (C=O) groups is 1. The van der Waals surface area contributed by atoms with Crippen molar-refractivity contribution in [1.29, 1.82) is 0 Å². The molecule has 0 spiro atoms. The van der Waals surface area contributed by atoms with Crippen molar-refractivity contribution < 1.29 is 27.4 Å². The molecule has 0 saturated carbocycles. The van der Waals surface area contributed by atoms with Crippen molar-refractivity contribution in [2.75, 3.05) is 33.6 Å². The number of aryl methyl sites for hydroxylation is 1. The molecule has 0 amide bonds. The van der Waals surface area contributed by atoms with Gasteiger partial charge < -0.3 is 14.2 Å². The summed E-state index contributed by atoms with van der Waals surface area (Å²) in [5.74, 6) is 1.52. The zero-order chi connectivity index (χ0) is 24.6. The van der Waals surface area contributed by atoms with Crippen LogP contribution in [-0.2, 0) is 21.2 Å². The summed E-state index contributed by atoms with van der Waals surface area (Å²) in [5, 5.41) is -0.0876. The number of nitrogens with zero attached hydrogens (tertiary/aromatic N) is 1. The van der Waals surface area contributed by atoms with Crippen LogP contribution in [-0.4, -0.2) is 57.5 Å². The highest BCUT2D eigenvalue weighted by Gasteiger charge is 2.38. The second kappa shape index (κ2) is 12.5. The van der Waals surface area contributed by atoms with Gasteiger partial charge >= 0.3 is 0 Å². The van der Waals surface area contributed by atoms with Crippen LogP contribution < -0.4 is 14.2 Å². The average molecular weight is 508 g/mol. The van der Waals surface area contributed by atoms with E-state index in [1.807, 2.05) is 18.2 Å². The van der Waals surface area contributed by atoms with Gasteiger partial charge in [-0.3, -0.25) is 4.79 Å². The lowest BCUT2D eigenvalue weighted by Crippen LogP contribution is -2.47. The second-order valence-corrected chi connectivity index (χ2v) is 11.1. The summed E-state index contributed by atoms with van der Waals surface area (Å²) < 4.78 is 44.5. The number of unbranched alkanes of at least 4 members (excludes halogenated alkanes) is 1. The van der Waals surface area contributed by atoms with E-state index in [-0.39, 0.29) is 21.5 Å². The smallest absolute Gasteiger partial charge is 0.244 e. The number of hydrogen-bond acceptors (Lipinski definition) is 7. The topological polar surface area (TPSA) is 82.1 Å². The van der Waals surface area contributed by atoms with Crippen LogP contribution >= 0.6 is 11.8 Å². The molecule has 0 bridgehead atoms. The first-order valence-corrected chi connectivity index (χ1v) is 13.9. The van der Waals surface area contributed by atoms with Crippen molar-refractivity contribution in [3.8, 4) is 17.2 Å². The number of piperidine rings is 1. The van der Waals surface area contributed by atoms with E-state index in [2.05, 4.69) is 12.1 Å². The third-order valence-electron chi connectivity index (χ3n) is 5.92. The van der Waals surface area contributed by atoms with Crippen LogP contribution in [0.15, 0.2) is 47.4 Å². The van der Waals surface area contributed by atoms with Gasteiger partial charge in [-0.2, -0.15) is 4.31 Å². The Hall–Kier alpha value is -2.23. The van der Waals surface area contributed by atoms with Crippen LogP contribution in [0.3, 0.4) is 0 Å². The van der Waals surface area contributed by atoms with Gasteiger partial charge in [-0.05, 0) is 37.7 Å². The van der Waals surface area contributed by atoms with Gasteiger partial charge in [0.25, 0.3) is 0 Å². The predicted octanol–water partition coefficient (Wildman–Crippen LogP) is 4.54. The van der Waals surface area contributed by atoms with Crippen molar-refractivity contribution in [2.24, 2.45) is 0 Å². The fourth-order valence-electron chi connectivity index (χ4n) is 4.11. The van der Waals surface area contributed by atoms with Crippen LogP contribution in [0.4, 0.5) is 0 Å². The molecule has 0 N–H and O–H groups in total. The molecule has 7 nitrogen and oxygen atoms in total. The summed E-state index contributed by atoms with van der Waals surface area (Å²) >= 11 is 1.24. The molecular formula is C25H33NO6S2. The molecule has 1 saturated heterocycles. The highest BCUT2D eigenvalue weighted by Crippen LogP contribution is 2.41. The molecule has 1 aliphatic rings. The Morgan fingerprint density at radius 2 is 1.68 bits per heavy atom. The minimum atomic E-state index is -3.93. The molecule has 2 aromatic rings. The highest BCUT2D eigenvalue weighted by atomic mass is 32.2. The Morgan fingerprint density at radius 1 is 1.00 bits per heavy atom. The van der Waals surface area contributed by atoms with Gasteiger partial charge in [-0.15, -0.1) is 0 Å². The molecular weight excluding hydrogens is 474 g/mol. The van der Waals surface area contributed by atoms with Gasteiger partial charge in [0.1, 0.15) is 0 Å². The average Bonchev–Trinajstić information content (AvgIpc) is 2.87. The van der Waals surface area contributed by atoms with Gasteiger partial charge in [-0.1, -0.05) is 48.5 Å². The third kappa shape index (κ3) is 6.25. The largest absolute Gasteiger partial charge is 0.493 e. The maximum Gasteiger partial charge on any atom is 0.244 e. The number of hydrogen-bond donors (Lipinski definition) is 0. The van der Waals surface area contributed by atoms with E-state index in [1.165, 1.54) is 55.1 Å². The van der Waals surface area contributed by atoms with Crippen molar-refractivity contribution in [1.82, 2.24) is 4.31 Å². The Balaban J connectivity index is 1.69. The molecule has 2 aromatic carbocycles. The molecule has 0 aromatic heterocycles. The predicted molar refractivity (Wildman–Crippen MR) is 134 cm³/mol. The lowest BCUT2D eigenvalue weighted by atomic mass is 10.1. The maximum absolute atomic E-state index is 13.6. The molecule has 186 valence electrons. The first-order chi connectivity index (χ1) is 16.4. The monoisotopic (exact) mass is 507 g/mol. The number of ether oxygens (including phenoxy) is 3. The molecule has 9 heteroatoms. The number of sulfonamides is 1. The lowest BCUT2D eigenvalue weighted by molar-refractivity contribution is -0.115. The zero-order valence-corrected chi connectivity index (χ0v) is 21.6. The van der Waals surface area contributed by atoms with Gasteiger partial charge in [0.2, 0.25) is 20.9 Å². The third-order valence-corrected chi connectivity index (χ3v) is 8.85. The summed E-state index contributed by atoms with van der Waals surface area (Å²) in [6, 6.07) is 12.4. The van der Waals surface area contributed by atoms with Gasteiger partial charge in [0.15, 0.2) is 11.5 Å². The van der Waals surface area contributed by atoms with E-state index < -0.39 is 16.1 Å². The summed E-state index contributed by atoms with van der Waals surface area (Å²) in [6.45, 7) is 0.309. The van der Waals surface area contributed by atoms with Crippen LogP contribution in [0.5, 0.6) is 17.2 Å². The number of methoxy groups -OCH3 is 3. The number of rotatable bonds is 11. The van der Waals surface area contributed by atoms with Crippen LogP contribution in [0, 0.1) is 0 Å². The van der Waals surface area contributed by atoms with Crippen LogP contribution in [0.25, 0.3) is 0 Å². The standard InChI is InChI=1S/C25H33NO6S2/c1-30-22-17-20(18-23(31-2)24(22)32-3)34(28,29)26-15-9-7-14-21(26)25(27)33-16-10-8-13-19-11-5-4-6-12-19/h4-6,11-12,17-18,21H,7-10,13-16H2,1-3H3. The Bertz CT molecular complexity index is 1030. The molecule has 0 radical (unpaired) electrons. The summed E-state index contributed by atoms with van der Waals surface area (Å²) in [7, 11) is 0.409. The van der Waals surface area contributed by atoms with E-state index in [0.29, 0.717) is 24.5 Å². The van der Waals surface area contributed by atoms with Crippen molar-refractivity contribution in [3.63, 3.8) is 0 Å². The molecule has 1 atom stereocenters. The molecule has 0 aliphatic carbocycles. The fraction of sp³-hybridized carbons (Fsp3) is 0.480. The number of thioether (sulfide) groups is 1. The lowest BCUT2D eigenvalue weighted by Gasteiger charge is -2.33. The molecule has 34 heavy (non-hydrogen) atoms. The van der Waals surface area contributed by atoms with E-state index in [4.69, 9.17) is 14.2 Å². The van der Waals surface area contributed by atoms with Crippen molar-refractivity contribution in [3.05, 3.63) is 48.0 Å². The molecule has 1 aliphatic heterocycles. The van der Waals surface area contributed by atoms with Crippen LogP contribution in [0.1, 0.15) is 37.7 Å². The van der Waals surface area contributed by atoms with Gasteiger partial charge in [0.05, 0.1) is 32.3 Å². The summed E-state index contributed by atoms with van der Waals surface area (Å²) in [5.41, 5.74) is 1.29. The molecule has 1 unspecified atom stereocenters. The minimum Gasteiger partial charge on any atom is -0.493 e. The SMILES string of the molecule is COc1cc(S(=O)(=O)N2CCCCC2C(=O)SCCCCc2ccccc2)cc(OC)c1OC. The van der Waals surface area contributed by atoms with Crippen molar-refractivity contribution >= 4 is 26.9 Å². The summed E-state index contributed by atoms with van der Waals surface area (Å²) in [6.07, 6.45) is 4.93. The highest BCUT2D eigenvalue weighted by molar-refractivity contribution is 8.13. The maximum atomic E-state index is 13.6. The van der Waals surface area contributed by atoms with Gasteiger partial charge in [-0.25, -0.2) is 8.42 Å². The molecule has 1 fully saturated rings. The number of carbonyl (C=O) groups excluding carboxylic acids is 1. The Labute approximate surface area is 206 Å². The van der Waals surface area contributed by atoms with Gasteiger partial charge in [0, 0.05) is 24.4 Å². The quantitative estimate of drug-likeness (QED) is 0.413. The Morgan fingerprint density at radius 3 is 2.29 bits per heavy atom. The van der Waals surface area contributed by atoms with E-state index in [9.17, 15) is 13.2 Å². The van der Waals surface area contributed by atoms with E-state index >= 15 is 0 Å². The first kappa shape index (κ1) is 26.4. The number of benzene rings is 2. The molecule has 1 heterocycles. The second-order valence-electron chi connectivity index (χ2n) is 8.10. The normalized spacial score (nSPS) is 16.7. The first-order valence-electron chi connectivity index (χ1n) is 11.4. The Kier molecular flexibility index (Phi) is 9.67. The van der Waals surface area contributed by atoms with E-state index in [1.54, 1.807) is 0 Å². The summed E-state index contributed by atoms with van der Waals surface area (Å²) in [4.78, 5) is 13.1. The van der Waals surface area contributed by atoms with Crippen LogP contribution in [0.2, 0.25) is 0 Å². The van der Waals surface area contributed by atoms with Crippen molar-refractivity contribution in [2.45, 2.75) is 49.5 Å². The zero-order valence-electron chi connectivity index (χ0n) is 20.0. The van der Waals surface area contributed by atoms with E-state index in [0.717, 1.165) is 32.1 Å². The minimum absolute atomic E-state index is 0.0227. The fourth-order valence-corrected chi connectivity index (χ4v) is 6.86. The molecule has 3 rings (SSSR count).